The number of anilines is 3. The first-order chi connectivity index (χ1) is 15.7. The number of carbonyl (C=O) groups excluding carboxylic acids is 1. The highest BCUT2D eigenvalue weighted by Crippen LogP contribution is 2.29. The van der Waals surface area contributed by atoms with Crippen LogP contribution in [0, 0.1) is 0 Å². The Bertz CT molecular complexity index is 1220. The van der Waals surface area contributed by atoms with Crippen LogP contribution in [-0.2, 0) is 9.59 Å². The summed E-state index contributed by atoms with van der Waals surface area (Å²) in [5.74, 6) is -2.68. The maximum atomic E-state index is 12.6. The van der Waals surface area contributed by atoms with Crippen LogP contribution in [0.3, 0.4) is 0 Å². The number of nitrogens with zero attached hydrogens (tertiary/aromatic N) is 3. The van der Waals surface area contributed by atoms with E-state index >= 15 is 0 Å². The number of nitrogens with two attached hydrogens (primary N) is 1. The molecule has 1 aromatic heterocycles. The molecule has 0 spiro atoms. The molecule has 4 rings (SSSR count). The van der Waals surface area contributed by atoms with Gasteiger partial charge in [0, 0.05) is 12.0 Å². The molecule has 2 aliphatic rings. The summed E-state index contributed by atoms with van der Waals surface area (Å²) in [4.78, 5) is 55.7. The van der Waals surface area contributed by atoms with E-state index in [0.29, 0.717) is 30.3 Å². The van der Waals surface area contributed by atoms with Gasteiger partial charge in [-0.25, -0.2) is 14.3 Å². The van der Waals surface area contributed by atoms with Crippen molar-refractivity contribution in [1.82, 2.24) is 15.3 Å². The third kappa shape index (κ3) is 4.46. The van der Waals surface area contributed by atoms with E-state index in [2.05, 4.69) is 20.6 Å². The van der Waals surface area contributed by atoms with Gasteiger partial charge in [0.25, 0.3) is 5.91 Å². The van der Waals surface area contributed by atoms with Gasteiger partial charge in [-0.05, 0) is 24.6 Å². The summed E-state index contributed by atoms with van der Waals surface area (Å²) in [7, 11) is 0. The number of H-pyrrole nitrogens is 1. The molecule has 13 nitrogen and oxygen atoms in total. The maximum absolute atomic E-state index is 12.6. The minimum atomic E-state index is -1.32. The van der Waals surface area contributed by atoms with E-state index < -0.39 is 23.9 Å². The predicted octanol–water partition coefficient (Wildman–Crippen LogP) is -0.613. The molecule has 0 saturated carbocycles. The third-order valence-corrected chi connectivity index (χ3v) is 5.43. The minimum Gasteiger partial charge on any atom is -0.481 e. The summed E-state index contributed by atoms with van der Waals surface area (Å²) in [5, 5.41) is 23.5. The molecule has 0 aliphatic carbocycles. The zero-order chi connectivity index (χ0) is 23.7. The summed E-state index contributed by atoms with van der Waals surface area (Å²) in [6.45, 7) is 1.05. The van der Waals surface area contributed by atoms with Gasteiger partial charge in [-0.1, -0.05) is 6.07 Å². The number of nitrogens with one attached hydrogen (secondary N) is 3. The smallest absolute Gasteiger partial charge is 0.326 e. The van der Waals surface area contributed by atoms with E-state index in [4.69, 9.17) is 10.8 Å². The van der Waals surface area contributed by atoms with Gasteiger partial charge in [-0.15, -0.1) is 0 Å². The Hall–Kier alpha value is -4.42. The third-order valence-electron chi connectivity index (χ3n) is 5.43. The van der Waals surface area contributed by atoms with Gasteiger partial charge >= 0.3 is 17.5 Å². The molecule has 0 bridgehead atoms. The predicted molar refractivity (Wildman–Crippen MR) is 117 cm³/mol. The quantitative estimate of drug-likeness (QED) is 0.293. The fraction of sp³-hybridized carbons (Fsp3) is 0.300. The van der Waals surface area contributed by atoms with Crippen molar-refractivity contribution in [2.75, 3.05) is 29.0 Å². The SMILES string of the molecule is Nc1nc2c(c(=O)[nH]1)[N+]1=CN(c3cccc(C(=O)NC(CCC(=O)O)C(=O)O)c3)CC1CN2. The summed E-state index contributed by atoms with van der Waals surface area (Å²) >= 11 is 0. The number of rotatable bonds is 7. The van der Waals surface area contributed by atoms with Crippen molar-refractivity contribution in [2.45, 2.75) is 24.9 Å². The van der Waals surface area contributed by atoms with Gasteiger partial charge in [0.05, 0.1) is 6.54 Å². The van der Waals surface area contributed by atoms with E-state index in [0.717, 1.165) is 0 Å². The van der Waals surface area contributed by atoms with E-state index in [1.54, 1.807) is 29.1 Å². The van der Waals surface area contributed by atoms with Gasteiger partial charge in [0.15, 0.2) is 11.9 Å². The van der Waals surface area contributed by atoms with Gasteiger partial charge in [0.1, 0.15) is 18.3 Å². The molecule has 2 atom stereocenters. The van der Waals surface area contributed by atoms with Crippen molar-refractivity contribution in [3.8, 4) is 0 Å². The van der Waals surface area contributed by atoms with Gasteiger partial charge in [0.2, 0.25) is 18.0 Å². The maximum Gasteiger partial charge on any atom is 0.326 e. The molecule has 172 valence electrons. The molecule has 3 heterocycles. The number of benzene rings is 1. The number of carboxylic acid groups (broad SMARTS) is 2. The van der Waals surface area contributed by atoms with Crippen molar-refractivity contribution in [3.63, 3.8) is 0 Å². The van der Waals surface area contributed by atoms with E-state index in [1.165, 1.54) is 6.07 Å². The Kier molecular flexibility index (Phi) is 5.69. The molecule has 0 fully saturated rings. The molecule has 33 heavy (non-hydrogen) atoms. The van der Waals surface area contributed by atoms with Gasteiger partial charge in [-0.2, -0.15) is 4.98 Å². The van der Waals surface area contributed by atoms with Crippen LogP contribution in [0.4, 0.5) is 23.1 Å². The second-order valence-electron chi connectivity index (χ2n) is 7.71. The Morgan fingerprint density at radius 1 is 1.33 bits per heavy atom. The largest absolute Gasteiger partial charge is 0.481 e. The lowest BCUT2D eigenvalue weighted by Gasteiger charge is -2.20. The van der Waals surface area contributed by atoms with E-state index in [1.807, 2.05) is 4.90 Å². The average Bonchev–Trinajstić information content (AvgIpc) is 3.20. The van der Waals surface area contributed by atoms with Crippen LogP contribution in [0.15, 0.2) is 29.1 Å². The van der Waals surface area contributed by atoms with Crippen LogP contribution in [0.5, 0.6) is 0 Å². The van der Waals surface area contributed by atoms with Crippen molar-refractivity contribution in [1.29, 1.82) is 0 Å². The molecular formula is C20H22N7O6+. The molecule has 2 aliphatic heterocycles. The first-order valence-electron chi connectivity index (χ1n) is 10.1. The second-order valence-corrected chi connectivity index (χ2v) is 7.71. The summed E-state index contributed by atoms with van der Waals surface area (Å²) < 4.78 is 1.80. The van der Waals surface area contributed by atoms with Crippen LogP contribution < -0.4 is 26.8 Å². The van der Waals surface area contributed by atoms with Crippen molar-refractivity contribution in [2.24, 2.45) is 0 Å². The number of carboxylic acids is 2. The lowest BCUT2D eigenvalue weighted by molar-refractivity contribution is -0.468. The van der Waals surface area contributed by atoms with E-state index in [-0.39, 0.29) is 36.0 Å². The Balaban J connectivity index is 1.55. The zero-order valence-electron chi connectivity index (χ0n) is 17.3. The number of aliphatic carboxylic acids is 2. The van der Waals surface area contributed by atoms with Crippen LogP contribution >= 0.6 is 0 Å². The van der Waals surface area contributed by atoms with Crippen LogP contribution in [0.1, 0.15) is 23.2 Å². The number of fused-ring (bicyclic) bond motifs is 3. The lowest BCUT2D eigenvalue weighted by atomic mass is 10.1. The van der Waals surface area contributed by atoms with Crippen molar-refractivity contribution < 1.29 is 29.2 Å². The molecule has 2 unspecified atom stereocenters. The lowest BCUT2D eigenvalue weighted by Crippen LogP contribution is -2.41. The van der Waals surface area contributed by atoms with Crippen molar-refractivity contribution in [3.05, 3.63) is 40.2 Å². The molecule has 13 heteroatoms. The fourth-order valence-electron chi connectivity index (χ4n) is 3.84. The topological polar surface area (TPSA) is 194 Å². The number of hydrogen-bond donors (Lipinski definition) is 6. The standard InChI is InChI=1S/C20H21N7O6/c21-20-24-16-15(18(31)25-20)27-9-26(8-12(27)7-22-16)11-3-1-2-10(6-11)17(30)23-13(19(32)33)4-5-14(28)29/h1-3,6,9,12-13H,4-5,7-8H2,(H6-,21,22,23,24,25,28,29,30,31,32,33)/p+1. The second kappa shape index (κ2) is 8.61. The molecule has 0 radical (unpaired) electrons. The van der Waals surface area contributed by atoms with E-state index in [9.17, 15) is 24.3 Å². The number of aromatic nitrogens is 2. The highest BCUT2D eigenvalue weighted by molar-refractivity contribution is 5.98. The Labute approximate surface area is 186 Å². The van der Waals surface area contributed by atoms with Crippen LogP contribution in [-0.4, -0.2) is 74.1 Å². The zero-order valence-corrected chi connectivity index (χ0v) is 17.3. The normalized spacial score (nSPS) is 17.3. The average molecular weight is 456 g/mol. The number of amides is 1. The number of aromatic amines is 1. The molecule has 1 aromatic carbocycles. The van der Waals surface area contributed by atoms with Crippen LogP contribution in [0.25, 0.3) is 0 Å². The Morgan fingerprint density at radius 3 is 2.85 bits per heavy atom. The van der Waals surface area contributed by atoms with Crippen LogP contribution in [0.2, 0.25) is 0 Å². The first kappa shape index (κ1) is 21.8. The highest BCUT2D eigenvalue weighted by Gasteiger charge is 2.39. The molecule has 1 amide bonds. The number of carbonyl (C=O) groups is 3. The summed E-state index contributed by atoms with van der Waals surface area (Å²) in [6, 6.07) is 5.19. The summed E-state index contributed by atoms with van der Waals surface area (Å²) in [5.41, 5.74) is 6.48. The molecule has 2 aromatic rings. The number of hydrogen-bond acceptors (Lipinski definition) is 8. The Morgan fingerprint density at radius 2 is 2.12 bits per heavy atom. The molecule has 7 N–H and O–H groups in total. The molecular weight excluding hydrogens is 434 g/mol. The number of nitrogen functional groups attached to an aromatic ring is 1. The summed E-state index contributed by atoms with van der Waals surface area (Å²) in [6.07, 6.45) is 1.14. The monoisotopic (exact) mass is 456 g/mol. The minimum absolute atomic E-state index is 0.0162. The van der Waals surface area contributed by atoms with Gasteiger partial charge in [-0.3, -0.25) is 19.4 Å². The molecule has 0 saturated heterocycles. The highest BCUT2D eigenvalue weighted by atomic mass is 16.4. The first-order valence-corrected chi connectivity index (χ1v) is 10.1. The van der Waals surface area contributed by atoms with Crippen molar-refractivity contribution >= 4 is 47.3 Å². The fourth-order valence-corrected chi connectivity index (χ4v) is 3.84. The van der Waals surface area contributed by atoms with Gasteiger partial charge < -0.3 is 26.6 Å².